The molecule has 0 aliphatic rings. The van der Waals surface area contributed by atoms with Gasteiger partial charge >= 0.3 is 0 Å². The number of hydrogen-bond acceptors (Lipinski definition) is 5. The van der Waals surface area contributed by atoms with Gasteiger partial charge in [-0.05, 0) is 62.9 Å². The van der Waals surface area contributed by atoms with Gasteiger partial charge in [-0.2, -0.15) is 5.10 Å². The van der Waals surface area contributed by atoms with Crippen molar-refractivity contribution in [2.45, 2.75) is 54.0 Å². The second-order valence-corrected chi connectivity index (χ2v) is 7.67. The van der Waals surface area contributed by atoms with Crippen LogP contribution in [0.4, 0.5) is 5.69 Å². The van der Waals surface area contributed by atoms with Crippen LogP contribution >= 0.6 is 0 Å². The van der Waals surface area contributed by atoms with E-state index >= 15 is 0 Å². The van der Waals surface area contributed by atoms with Gasteiger partial charge in [-0.1, -0.05) is 19.0 Å². The van der Waals surface area contributed by atoms with Gasteiger partial charge in [0, 0.05) is 16.9 Å². The lowest BCUT2D eigenvalue weighted by atomic mass is 9.99. The number of nitrogens with one attached hydrogen (secondary N) is 1. The SMILES string of the molecule is COc1cc(C)c(NC(=O)c2noc(C)c2Cn2nc(C)cc2C)cc1C(C)C. The molecule has 7 heteroatoms. The molecule has 154 valence electrons. The average molecular weight is 396 g/mol. The fourth-order valence-corrected chi connectivity index (χ4v) is 3.38. The zero-order chi connectivity index (χ0) is 21.3. The van der Waals surface area contributed by atoms with Gasteiger partial charge in [0.2, 0.25) is 0 Å². The van der Waals surface area contributed by atoms with Crippen molar-refractivity contribution in [2.75, 3.05) is 12.4 Å². The average Bonchev–Trinajstić information content (AvgIpc) is 3.18. The van der Waals surface area contributed by atoms with Crippen LogP contribution in [-0.2, 0) is 6.54 Å². The van der Waals surface area contributed by atoms with Crippen LogP contribution in [0.5, 0.6) is 5.75 Å². The van der Waals surface area contributed by atoms with Gasteiger partial charge in [0.1, 0.15) is 11.5 Å². The number of amides is 1. The van der Waals surface area contributed by atoms with E-state index in [9.17, 15) is 4.79 Å². The van der Waals surface area contributed by atoms with E-state index in [1.54, 1.807) is 14.0 Å². The molecular weight excluding hydrogens is 368 g/mol. The highest BCUT2D eigenvalue weighted by atomic mass is 16.5. The first-order valence-electron chi connectivity index (χ1n) is 9.67. The highest BCUT2D eigenvalue weighted by molar-refractivity contribution is 6.04. The molecule has 3 aromatic rings. The first-order valence-corrected chi connectivity index (χ1v) is 9.67. The predicted molar refractivity (Wildman–Crippen MR) is 112 cm³/mol. The van der Waals surface area contributed by atoms with E-state index < -0.39 is 0 Å². The molecule has 0 radical (unpaired) electrons. The molecule has 0 fully saturated rings. The first kappa shape index (κ1) is 20.6. The fraction of sp³-hybridized carbons (Fsp3) is 0.409. The van der Waals surface area contributed by atoms with Crippen LogP contribution in [-0.4, -0.2) is 28.0 Å². The van der Waals surface area contributed by atoms with E-state index in [4.69, 9.17) is 9.26 Å². The molecule has 1 amide bonds. The Balaban J connectivity index is 1.91. The zero-order valence-corrected chi connectivity index (χ0v) is 18.1. The molecule has 0 saturated carbocycles. The summed E-state index contributed by atoms with van der Waals surface area (Å²) < 4.78 is 12.7. The van der Waals surface area contributed by atoms with Crippen molar-refractivity contribution in [3.05, 3.63) is 57.7 Å². The van der Waals surface area contributed by atoms with Crippen LogP contribution in [0.15, 0.2) is 22.7 Å². The van der Waals surface area contributed by atoms with Crippen LogP contribution in [0.25, 0.3) is 0 Å². The Bertz CT molecular complexity index is 1050. The van der Waals surface area contributed by atoms with Crippen LogP contribution in [0.3, 0.4) is 0 Å². The number of aromatic nitrogens is 3. The summed E-state index contributed by atoms with van der Waals surface area (Å²) in [6, 6.07) is 5.90. The number of ether oxygens (including phenoxy) is 1. The third kappa shape index (κ3) is 4.18. The molecule has 0 aliphatic carbocycles. The van der Waals surface area contributed by atoms with Gasteiger partial charge in [0.25, 0.3) is 5.91 Å². The third-order valence-corrected chi connectivity index (χ3v) is 5.06. The van der Waals surface area contributed by atoms with E-state index in [1.807, 2.05) is 43.7 Å². The Hall–Kier alpha value is -3.09. The lowest BCUT2D eigenvalue weighted by Crippen LogP contribution is -2.17. The van der Waals surface area contributed by atoms with Crippen molar-refractivity contribution >= 4 is 11.6 Å². The molecule has 7 nitrogen and oxygen atoms in total. The zero-order valence-electron chi connectivity index (χ0n) is 18.1. The second-order valence-electron chi connectivity index (χ2n) is 7.67. The second kappa shape index (κ2) is 8.11. The topological polar surface area (TPSA) is 82.2 Å². The summed E-state index contributed by atoms with van der Waals surface area (Å²) in [5.41, 5.74) is 5.63. The van der Waals surface area contributed by atoms with E-state index in [0.29, 0.717) is 12.3 Å². The van der Waals surface area contributed by atoms with Gasteiger partial charge in [0.05, 0.1) is 19.3 Å². The molecule has 0 saturated heterocycles. The van der Waals surface area contributed by atoms with Crippen molar-refractivity contribution in [1.29, 1.82) is 0 Å². The maximum absolute atomic E-state index is 13.0. The lowest BCUT2D eigenvalue weighted by molar-refractivity contribution is 0.101. The summed E-state index contributed by atoms with van der Waals surface area (Å²) in [7, 11) is 1.66. The predicted octanol–water partition coefficient (Wildman–Crippen LogP) is 4.54. The summed E-state index contributed by atoms with van der Waals surface area (Å²) in [4.78, 5) is 13.0. The highest BCUT2D eigenvalue weighted by Gasteiger charge is 2.22. The Kier molecular flexibility index (Phi) is 5.77. The highest BCUT2D eigenvalue weighted by Crippen LogP contribution is 2.32. The van der Waals surface area contributed by atoms with Gasteiger partial charge in [-0.3, -0.25) is 9.48 Å². The van der Waals surface area contributed by atoms with Crippen molar-refractivity contribution in [3.8, 4) is 5.75 Å². The van der Waals surface area contributed by atoms with Crippen LogP contribution < -0.4 is 10.1 Å². The number of nitrogens with zero attached hydrogens (tertiary/aromatic N) is 3. The molecule has 0 bridgehead atoms. The fourth-order valence-electron chi connectivity index (χ4n) is 3.38. The number of benzene rings is 1. The van der Waals surface area contributed by atoms with Crippen molar-refractivity contribution in [3.63, 3.8) is 0 Å². The molecule has 29 heavy (non-hydrogen) atoms. The molecule has 0 atom stereocenters. The molecule has 2 heterocycles. The molecule has 0 aliphatic heterocycles. The Morgan fingerprint density at radius 2 is 1.93 bits per heavy atom. The molecule has 1 aromatic carbocycles. The van der Waals surface area contributed by atoms with Crippen molar-refractivity contribution < 1.29 is 14.1 Å². The molecule has 1 N–H and O–H groups in total. The van der Waals surface area contributed by atoms with Crippen molar-refractivity contribution in [1.82, 2.24) is 14.9 Å². The van der Waals surface area contributed by atoms with Gasteiger partial charge in [-0.25, -0.2) is 0 Å². The van der Waals surface area contributed by atoms with E-state index in [1.165, 1.54) is 0 Å². The number of anilines is 1. The smallest absolute Gasteiger partial charge is 0.278 e. The van der Waals surface area contributed by atoms with Gasteiger partial charge < -0.3 is 14.6 Å². The molecule has 0 unspecified atom stereocenters. The van der Waals surface area contributed by atoms with Crippen LogP contribution in [0.2, 0.25) is 0 Å². The first-order chi connectivity index (χ1) is 13.7. The molecule has 3 rings (SSSR count). The molecule has 2 aromatic heterocycles. The Morgan fingerprint density at radius 3 is 2.52 bits per heavy atom. The van der Waals surface area contributed by atoms with E-state index in [-0.39, 0.29) is 17.5 Å². The standard InChI is InChI=1S/C22H28N4O3/c1-12(2)17-10-19(13(3)8-20(17)28-7)23-22(27)21-18(16(6)29-25-21)11-26-15(5)9-14(4)24-26/h8-10,12H,11H2,1-7H3,(H,23,27). The maximum atomic E-state index is 13.0. The molecular formula is C22H28N4O3. The summed E-state index contributed by atoms with van der Waals surface area (Å²) in [6.07, 6.45) is 0. The van der Waals surface area contributed by atoms with Crippen LogP contribution in [0, 0.1) is 27.7 Å². The van der Waals surface area contributed by atoms with Crippen LogP contribution in [0.1, 0.15) is 64.1 Å². The lowest BCUT2D eigenvalue weighted by Gasteiger charge is -2.16. The number of carbonyl (C=O) groups is 1. The quantitative estimate of drug-likeness (QED) is 0.662. The van der Waals surface area contributed by atoms with Crippen molar-refractivity contribution in [2.24, 2.45) is 0 Å². The minimum Gasteiger partial charge on any atom is -0.496 e. The Labute approximate surface area is 171 Å². The maximum Gasteiger partial charge on any atom is 0.278 e. The number of carbonyl (C=O) groups excluding carboxylic acids is 1. The molecule has 0 spiro atoms. The van der Waals surface area contributed by atoms with E-state index in [0.717, 1.165) is 39.5 Å². The van der Waals surface area contributed by atoms with E-state index in [2.05, 4.69) is 29.4 Å². The monoisotopic (exact) mass is 396 g/mol. The summed E-state index contributed by atoms with van der Waals surface area (Å²) in [5.74, 6) is 1.38. The third-order valence-electron chi connectivity index (χ3n) is 5.06. The minimum absolute atomic E-state index is 0.261. The number of aryl methyl sites for hydroxylation is 4. The summed E-state index contributed by atoms with van der Waals surface area (Å²) >= 11 is 0. The van der Waals surface area contributed by atoms with Gasteiger partial charge in [-0.15, -0.1) is 0 Å². The van der Waals surface area contributed by atoms with Gasteiger partial charge in [0.15, 0.2) is 5.69 Å². The largest absolute Gasteiger partial charge is 0.496 e. The number of hydrogen-bond donors (Lipinski definition) is 1. The number of rotatable bonds is 6. The minimum atomic E-state index is -0.304. The normalized spacial score (nSPS) is 11.2. The summed E-state index contributed by atoms with van der Waals surface area (Å²) in [5, 5.41) is 11.5. The Morgan fingerprint density at radius 1 is 1.21 bits per heavy atom. The number of methoxy groups -OCH3 is 1. The summed E-state index contributed by atoms with van der Waals surface area (Å²) in [6.45, 7) is 12.3.